The zero-order chi connectivity index (χ0) is 15.0. The number of halogens is 1. The van der Waals surface area contributed by atoms with E-state index >= 15 is 0 Å². The lowest BCUT2D eigenvalue weighted by Gasteiger charge is -2.26. The number of benzene rings is 1. The Hall–Kier alpha value is -0.980. The van der Waals surface area contributed by atoms with Crippen molar-refractivity contribution in [1.82, 2.24) is 4.31 Å². The lowest BCUT2D eigenvalue weighted by molar-refractivity contribution is 0.0730. The van der Waals surface area contributed by atoms with E-state index in [2.05, 4.69) is 0 Å². The van der Waals surface area contributed by atoms with Crippen molar-refractivity contribution in [3.8, 4) is 0 Å². The van der Waals surface area contributed by atoms with Gasteiger partial charge in [-0.3, -0.25) is 0 Å². The fraction of sp³-hybridized carbons (Fsp3) is 0.571. The highest BCUT2D eigenvalue weighted by atomic mass is 32.2. The van der Waals surface area contributed by atoms with Crippen LogP contribution in [0.5, 0.6) is 0 Å². The average Bonchev–Trinajstić information content (AvgIpc) is 2.38. The first-order chi connectivity index (χ1) is 9.23. The predicted octanol–water partition coefficient (Wildman–Crippen LogP) is 2.14. The Balaban J connectivity index is 2.36. The highest BCUT2D eigenvalue weighted by Crippen LogP contribution is 2.27. The van der Waals surface area contributed by atoms with Crippen LogP contribution >= 0.6 is 0 Å². The second kappa shape index (κ2) is 5.42. The minimum absolute atomic E-state index is 0.00454. The van der Waals surface area contributed by atoms with Gasteiger partial charge >= 0.3 is 0 Å². The average molecular weight is 301 g/mol. The zero-order valence-corrected chi connectivity index (χ0v) is 12.8. The summed E-state index contributed by atoms with van der Waals surface area (Å²) >= 11 is 0. The Kier molecular flexibility index (Phi) is 4.18. The summed E-state index contributed by atoms with van der Waals surface area (Å²) in [6, 6.07) is 4.16. The molecule has 0 atom stereocenters. The molecule has 6 heteroatoms. The number of morpholine rings is 1. The molecule has 0 bridgehead atoms. The van der Waals surface area contributed by atoms with Crippen LogP contribution in [0.2, 0.25) is 0 Å². The highest BCUT2D eigenvalue weighted by molar-refractivity contribution is 7.89. The van der Waals surface area contributed by atoms with E-state index in [0.29, 0.717) is 31.9 Å². The Labute approximate surface area is 119 Å². The summed E-state index contributed by atoms with van der Waals surface area (Å²) in [5.74, 6) is -0.480. The monoisotopic (exact) mass is 301 g/mol. The molecule has 0 radical (unpaired) electrons. The molecule has 2 rings (SSSR count). The van der Waals surface area contributed by atoms with Crippen LogP contribution in [0.15, 0.2) is 23.1 Å². The maximum atomic E-state index is 14.1. The number of ether oxygens (including phenoxy) is 1. The quantitative estimate of drug-likeness (QED) is 0.841. The summed E-state index contributed by atoms with van der Waals surface area (Å²) in [6.45, 7) is 7.05. The van der Waals surface area contributed by atoms with Crippen molar-refractivity contribution >= 4 is 10.0 Å². The van der Waals surface area contributed by atoms with Crippen LogP contribution in [0.3, 0.4) is 0 Å². The van der Waals surface area contributed by atoms with E-state index in [1.165, 1.54) is 10.4 Å². The van der Waals surface area contributed by atoms with Crippen molar-refractivity contribution in [2.75, 3.05) is 26.3 Å². The van der Waals surface area contributed by atoms with Gasteiger partial charge in [0, 0.05) is 13.1 Å². The van der Waals surface area contributed by atoms with Crippen LogP contribution in [0.25, 0.3) is 0 Å². The minimum atomic E-state index is -3.63. The van der Waals surface area contributed by atoms with Crippen LogP contribution in [0.1, 0.15) is 26.3 Å². The van der Waals surface area contributed by atoms with Crippen LogP contribution in [0, 0.1) is 5.82 Å². The number of hydrogen-bond donors (Lipinski definition) is 0. The first-order valence-electron chi connectivity index (χ1n) is 6.61. The molecule has 0 aromatic heterocycles. The van der Waals surface area contributed by atoms with E-state index < -0.39 is 15.8 Å². The second-order valence-electron chi connectivity index (χ2n) is 5.91. The molecule has 1 heterocycles. The van der Waals surface area contributed by atoms with Gasteiger partial charge in [0.1, 0.15) is 5.82 Å². The van der Waals surface area contributed by atoms with Gasteiger partial charge in [-0.1, -0.05) is 26.8 Å². The van der Waals surface area contributed by atoms with Gasteiger partial charge in [0.15, 0.2) is 0 Å². The van der Waals surface area contributed by atoms with Crippen LogP contribution in [-0.4, -0.2) is 39.0 Å². The molecule has 0 saturated carbocycles. The topological polar surface area (TPSA) is 46.6 Å². The van der Waals surface area contributed by atoms with E-state index in [-0.39, 0.29) is 10.3 Å². The second-order valence-corrected chi connectivity index (χ2v) is 7.85. The Morgan fingerprint density at radius 2 is 1.80 bits per heavy atom. The van der Waals surface area contributed by atoms with Crippen LogP contribution in [0.4, 0.5) is 4.39 Å². The molecular formula is C14H20FNO3S. The van der Waals surface area contributed by atoms with E-state index in [1.807, 2.05) is 20.8 Å². The molecule has 0 aliphatic carbocycles. The molecular weight excluding hydrogens is 281 g/mol. The standard InChI is InChI=1S/C14H20FNO3S/c1-14(2,3)12-5-4-11(10-13(12)15)20(17,18)16-6-8-19-9-7-16/h4-5,10H,6-9H2,1-3H3. The summed E-state index contributed by atoms with van der Waals surface area (Å²) in [5, 5.41) is 0. The van der Waals surface area contributed by atoms with Crippen molar-refractivity contribution < 1.29 is 17.5 Å². The lowest BCUT2D eigenvalue weighted by atomic mass is 9.87. The van der Waals surface area contributed by atoms with E-state index in [1.54, 1.807) is 6.07 Å². The van der Waals surface area contributed by atoms with Crippen molar-refractivity contribution in [1.29, 1.82) is 0 Å². The molecule has 1 fully saturated rings. The molecule has 20 heavy (non-hydrogen) atoms. The van der Waals surface area contributed by atoms with Crippen molar-refractivity contribution in [2.24, 2.45) is 0 Å². The molecule has 1 aliphatic heterocycles. The third kappa shape index (κ3) is 3.02. The van der Waals surface area contributed by atoms with Gasteiger partial charge in [0.25, 0.3) is 0 Å². The molecule has 0 N–H and O–H groups in total. The largest absolute Gasteiger partial charge is 0.379 e. The Bertz CT molecular complexity index is 587. The van der Waals surface area contributed by atoms with Crippen molar-refractivity contribution in [2.45, 2.75) is 31.1 Å². The zero-order valence-electron chi connectivity index (χ0n) is 12.0. The maximum Gasteiger partial charge on any atom is 0.243 e. The fourth-order valence-electron chi connectivity index (χ4n) is 2.20. The van der Waals surface area contributed by atoms with Gasteiger partial charge in [-0.2, -0.15) is 4.31 Å². The minimum Gasteiger partial charge on any atom is -0.379 e. The molecule has 0 amide bonds. The molecule has 1 aromatic rings. The van der Waals surface area contributed by atoms with E-state index in [0.717, 1.165) is 6.07 Å². The first-order valence-corrected chi connectivity index (χ1v) is 8.05. The fourth-order valence-corrected chi connectivity index (χ4v) is 3.62. The lowest BCUT2D eigenvalue weighted by Crippen LogP contribution is -2.40. The number of nitrogens with zero attached hydrogens (tertiary/aromatic N) is 1. The maximum absolute atomic E-state index is 14.1. The van der Waals surface area contributed by atoms with Crippen molar-refractivity contribution in [3.63, 3.8) is 0 Å². The third-order valence-electron chi connectivity index (χ3n) is 3.36. The number of hydrogen-bond acceptors (Lipinski definition) is 3. The van der Waals surface area contributed by atoms with Gasteiger partial charge in [0.2, 0.25) is 10.0 Å². The summed E-state index contributed by atoms with van der Waals surface area (Å²) in [7, 11) is -3.63. The highest BCUT2D eigenvalue weighted by Gasteiger charge is 2.28. The van der Waals surface area contributed by atoms with Gasteiger partial charge in [0.05, 0.1) is 18.1 Å². The summed E-state index contributed by atoms with van der Waals surface area (Å²) < 4.78 is 45.4. The van der Waals surface area contributed by atoms with E-state index in [9.17, 15) is 12.8 Å². The molecule has 4 nitrogen and oxygen atoms in total. The van der Waals surface area contributed by atoms with E-state index in [4.69, 9.17) is 4.74 Å². The molecule has 1 aliphatic rings. The van der Waals surface area contributed by atoms with Crippen molar-refractivity contribution in [3.05, 3.63) is 29.6 Å². The molecule has 0 unspecified atom stereocenters. The van der Waals surface area contributed by atoms with Gasteiger partial charge < -0.3 is 4.74 Å². The molecule has 1 aromatic carbocycles. The normalized spacial score (nSPS) is 18.2. The molecule has 0 spiro atoms. The third-order valence-corrected chi connectivity index (χ3v) is 5.25. The van der Waals surface area contributed by atoms with Crippen LogP contribution in [-0.2, 0) is 20.2 Å². The van der Waals surface area contributed by atoms with Gasteiger partial charge in [-0.05, 0) is 23.1 Å². The molecule has 112 valence electrons. The predicted molar refractivity (Wildman–Crippen MR) is 74.7 cm³/mol. The summed E-state index contributed by atoms with van der Waals surface area (Å²) in [5.41, 5.74) is 0.157. The smallest absolute Gasteiger partial charge is 0.243 e. The van der Waals surface area contributed by atoms with Gasteiger partial charge in [-0.15, -0.1) is 0 Å². The summed E-state index contributed by atoms with van der Waals surface area (Å²) in [4.78, 5) is 0.00454. The van der Waals surface area contributed by atoms with Crippen LogP contribution < -0.4 is 0 Å². The number of sulfonamides is 1. The summed E-state index contributed by atoms with van der Waals surface area (Å²) in [6.07, 6.45) is 0. The molecule has 1 saturated heterocycles. The number of rotatable bonds is 2. The Morgan fingerprint density at radius 3 is 2.30 bits per heavy atom. The first kappa shape index (κ1) is 15.4. The Morgan fingerprint density at radius 1 is 1.20 bits per heavy atom. The van der Waals surface area contributed by atoms with Gasteiger partial charge in [-0.25, -0.2) is 12.8 Å². The SMILES string of the molecule is CC(C)(C)c1ccc(S(=O)(=O)N2CCOCC2)cc1F.